The molecule has 0 aliphatic rings. The highest BCUT2D eigenvalue weighted by atomic mass is 32.2. The van der Waals surface area contributed by atoms with Gasteiger partial charge in [0, 0.05) is 12.4 Å². The maximum atomic E-state index is 12.6. The van der Waals surface area contributed by atoms with Gasteiger partial charge in [-0.1, -0.05) is 60.7 Å². The van der Waals surface area contributed by atoms with E-state index in [1.54, 1.807) is 22.6 Å². The molecular weight excluding hydrogens is 380 g/mol. The van der Waals surface area contributed by atoms with Gasteiger partial charge in [-0.3, -0.25) is 9.48 Å². The topological polar surface area (TPSA) is 59.8 Å². The fourth-order valence-corrected chi connectivity index (χ4v) is 4.46. The van der Waals surface area contributed by atoms with E-state index in [0.717, 1.165) is 16.7 Å². The third kappa shape index (κ3) is 4.32. The Hall–Kier alpha value is -3.12. The van der Waals surface area contributed by atoms with Gasteiger partial charge in [-0.05, 0) is 24.1 Å². The Balaban J connectivity index is 1.48. The van der Waals surface area contributed by atoms with Crippen molar-refractivity contribution in [2.45, 2.75) is 12.2 Å². The molecule has 0 unspecified atom stereocenters. The lowest BCUT2D eigenvalue weighted by Gasteiger charge is -2.17. The largest absolute Gasteiger partial charge is 0.324 e. The van der Waals surface area contributed by atoms with Crippen molar-refractivity contribution in [2.24, 2.45) is 7.05 Å². The Morgan fingerprint density at radius 2 is 1.69 bits per heavy atom. The summed E-state index contributed by atoms with van der Waals surface area (Å²) in [7, 11) is 1.87. The van der Waals surface area contributed by atoms with Crippen LogP contribution in [0.25, 0.3) is 11.0 Å². The number of benzene rings is 2. The first kappa shape index (κ1) is 19.2. The highest BCUT2D eigenvalue weighted by Crippen LogP contribution is 2.35. The monoisotopic (exact) mass is 402 g/mol. The van der Waals surface area contributed by atoms with Crippen molar-refractivity contribution in [3.63, 3.8) is 0 Å². The number of nitrogens with zero attached hydrogens (tertiary/aromatic N) is 3. The van der Waals surface area contributed by atoms with Crippen LogP contribution in [0.3, 0.4) is 0 Å². The first-order valence-electron chi connectivity index (χ1n) is 9.42. The van der Waals surface area contributed by atoms with E-state index in [1.165, 1.54) is 11.1 Å². The van der Waals surface area contributed by atoms with Gasteiger partial charge in [0.15, 0.2) is 5.65 Å². The molecule has 2 aromatic carbocycles. The molecule has 4 rings (SSSR count). The van der Waals surface area contributed by atoms with Crippen molar-refractivity contribution >= 4 is 34.4 Å². The van der Waals surface area contributed by atoms with E-state index in [4.69, 9.17) is 0 Å². The molecule has 0 saturated heterocycles. The Kier molecular flexibility index (Phi) is 5.62. The van der Waals surface area contributed by atoms with E-state index in [1.807, 2.05) is 56.4 Å². The van der Waals surface area contributed by atoms with E-state index >= 15 is 0 Å². The van der Waals surface area contributed by atoms with E-state index in [-0.39, 0.29) is 11.2 Å². The normalized spacial score (nSPS) is 11.1. The zero-order valence-corrected chi connectivity index (χ0v) is 17.2. The lowest BCUT2D eigenvalue weighted by molar-refractivity contribution is -0.113. The fourth-order valence-electron chi connectivity index (χ4n) is 3.37. The first-order valence-corrected chi connectivity index (χ1v) is 10.5. The van der Waals surface area contributed by atoms with Crippen molar-refractivity contribution < 1.29 is 4.79 Å². The van der Waals surface area contributed by atoms with Crippen LogP contribution in [-0.4, -0.2) is 26.4 Å². The molecule has 0 saturated carbocycles. The average Bonchev–Trinajstić information content (AvgIpc) is 3.03. The minimum atomic E-state index is -0.0467. The van der Waals surface area contributed by atoms with Crippen LogP contribution in [0.15, 0.2) is 72.9 Å². The second-order valence-corrected chi connectivity index (χ2v) is 7.96. The predicted molar refractivity (Wildman–Crippen MR) is 119 cm³/mol. The molecule has 0 radical (unpaired) electrons. The maximum absolute atomic E-state index is 12.6. The minimum absolute atomic E-state index is 0.0467. The number of nitrogens with one attached hydrogen (secondary N) is 1. The van der Waals surface area contributed by atoms with Gasteiger partial charge >= 0.3 is 0 Å². The lowest BCUT2D eigenvalue weighted by Crippen LogP contribution is -2.15. The van der Waals surface area contributed by atoms with Gasteiger partial charge < -0.3 is 5.32 Å². The molecule has 0 spiro atoms. The number of aryl methyl sites for hydroxylation is 2. The summed E-state index contributed by atoms with van der Waals surface area (Å²) in [6.07, 6.45) is 1.68. The zero-order chi connectivity index (χ0) is 20.2. The van der Waals surface area contributed by atoms with Crippen LogP contribution in [0.2, 0.25) is 0 Å². The molecule has 4 aromatic rings. The minimum Gasteiger partial charge on any atom is -0.324 e. The van der Waals surface area contributed by atoms with Gasteiger partial charge in [-0.25, -0.2) is 4.98 Å². The third-order valence-corrected chi connectivity index (χ3v) is 6.04. The van der Waals surface area contributed by atoms with E-state index < -0.39 is 0 Å². The standard InChI is InChI=1S/C23H22N4OS/c1-16-20-13-19(14-24-23(20)27(2)26-16)25-21(28)15-29-22(17-9-5-3-6-10-17)18-11-7-4-8-12-18/h3-14,22H,15H2,1-2H3,(H,25,28). The van der Waals surface area contributed by atoms with Gasteiger partial charge in [0.25, 0.3) is 0 Å². The number of hydrogen-bond acceptors (Lipinski definition) is 4. The number of fused-ring (bicyclic) bond motifs is 1. The summed E-state index contributed by atoms with van der Waals surface area (Å²) in [6.45, 7) is 1.94. The molecule has 0 aliphatic heterocycles. The Morgan fingerprint density at radius 1 is 1.07 bits per heavy atom. The summed E-state index contributed by atoms with van der Waals surface area (Å²) in [5.41, 5.74) is 4.77. The number of rotatable bonds is 6. The molecule has 146 valence electrons. The van der Waals surface area contributed by atoms with E-state index in [2.05, 4.69) is 39.7 Å². The molecule has 0 atom stereocenters. The Morgan fingerprint density at radius 3 is 2.31 bits per heavy atom. The summed E-state index contributed by atoms with van der Waals surface area (Å²) in [4.78, 5) is 17.0. The van der Waals surface area contributed by atoms with E-state index in [0.29, 0.717) is 11.4 Å². The predicted octanol–water partition coefficient (Wildman–Crippen LogP) is 4.74. The average molecular weight is 403 g/mol. The van der Waals surface area contributed by atoms with Gasteiger partial charge in [-0.15, -0.1) is 11.8 Å². The first-order chi connectivity index (χ1) is 14.1. The van der Waals surface area contributed by atoms with Crippen molar-refractivity contribution in [3.8, 4) is 0 Å². The Labute approximate surface area is 174 Å². The van der Waals surface area contributed by atoms with Gasteiger partial charge in [0.1, 0.15) is 0 Å². The summed E-state index contributed by atoms with van der Waals surface area (Å²) >= 11 is 1.62. The zero-order valence-electron chi connectivity index (χ0n) is 16.4. The van der Waals surface area contributed by atoms with Crippen LogP contribution in [0.4, 0.5) is 5.69 Å². The highest BCUT2D eigenvalue weighted by molar-refractivity contribution is 8.00. The molecule has 2 aromatic heterocycles. The Bertz CT molecular complexity index is 1090. The maximum Gasteiger partial charge on any atom is 0.234 e. The molecule has 0 bridgehead atoms. The number of carbonyl (C=O) groups is 1. The van der Waals surface area contributed by atoms with Crippen molar-refractivity contribution in [3.05, 3.63) is 89.7 Å². The number of anilines is 1. The smallest absolute Gasteiger partial charge is 0.234 e. The van der Waals surface area contributed by atoms with Crippen molar-refractivity contribution in [1.82, 2.24) is 14.8 Å². The molecule has 2 heterocycles. The number of aromatic nitrogens is 3. The summed E-state index contributed by atoms with van der Waals surface area (Å²) < 4.78 is 1.75. The summed E-state index contributed by atoms with van der Waals surface area (Å²) in [5, 5.41) is 8.39. The molecule has 0 aliphatic carbocycles. The summed E-state index contributed by atoms with van der Waals surface area (Å²) in [6, 6.07) is 22.5. The number of carbonyl (C=O) groups excluding carboxylic acids is 1. The van der Waals surface area contributed by atoms with Crippen LogP contribution in [0.5, 0.6) is 0 Å². The number of thioether (sulfide) groups is 1. The van der Waals surface area contributed by atoms with Gasteiger partial charge in [0.05, 0.1) is 28.6 Å². The number of pyridine rings is 1. The van der Waals surface area contributed by atoms with Crippen LogP contribution < -0.4 is 5.32 Å². The molecule has 1 amide bonds. The van der Waals surface area contributed by atoms with Crippen molar-refractivity contribution in [1.29, 1.82) is 0 Å². The number of amides is 1. The fraction of sp³-hybridized carbons (Fsp3) is 0.174. The van der Waals surface area contributed by atoms with Crippen LogP contribution in [0, 0.1) is 6.92 Å². The van der Waals surface area contributed by atoms with Crippen LogP contribution in [-0.2, 0) is 11.8 Å². The lowest BCUT2D eigenvalue weighted by atomic mass is 10.0. The van der Waals surface area contributed by atoms with E-state index in [9.17, 15) is 4.79 Å². The molecular formula is C23H22N4OS. The van der Waals surface area contributed by atoms with Crippen molar-refractivity contribution in [2.75, 3.05) is 11.1 Å². The third-order valence-electron chi connectivity index (χ3n) is 4.73. The second kappa shape index (κ2) is 8.49. The SMILES string of the molecule is Cc1nn(C)c2ncc(NC(=O)CSC(c3ccccc3)c3ccccc3)cc12. The molecule has 6 heteroatoms. The molecule has 1 N–H and O–H groups in total. The molecule has 5 nitrogen and oxygen atoms in total. The summed E-state index contributed by atoms with van der Waals surface area (Å²) in [5.74, 6) is 0.299. The van der Waals surface area contributed by atoms with Crippen LogP contribution in [0.1, 0.15) is 22.1 Å². The molecule has 29 heavy (non-hydrogen) atoms. The number of hydrogen-bond donors (Lipinski definition) is 1. The second-order valence-electron chi connectivity index (χ2n) is 6.86. The highest BCUT2D eigenvalue weighted by Gasteiger charge is 2.17. The van der Waals surface area contributed by atoms with Gasteiger partial charge in [-0.2, -0.15) is 5.10 Å². The quantitative estimate of drug-likeness (QED) is 0.506. The molecule has 0 fully saturated rings. The van der Waals surface area contributed by atoms with Crippen LogP contribution >= 0.6 is 11.8 Å². The van der Waals surface area contributed by atoms with Gasteiger partial charge in [0.2, 0.25) is 5.91 Å².